The number of hydrogen-bond acceptors (Lipinski definition) is 6. The van der Waals surface area contributed by atoms with Gasteiger partial charge in [-0.15, -0.1) is 0 Å². The van der Waals surface area contributed by atoms with Gasteiger partial charge in [0.1, 0.15) is 11.6 Å². The Morgan fingerprint density at radius 3 is 2.80 bits per heavy atom. The second-order valence-electron chi connectivity index (χ2n) is 6.86. The van der Waals surface area contributed by atoms with Crippen molar-refractivity contribution in [2.75, 3.05) is 23.2 Å². The van der Waals surface area contributed by atoms with Crippen molar-refractivity contribution in [1.82, 2.24) is 24.5 Å². The minimum absolute atomic E-state index is 0.0346. The number of aromatic nitrogens is 5. The summed E-state index contributed by atoms with van der Waals surface area (Å²) in [6.07, 6.45) is 6.48. The molecule has 150 valence electrons. The van der Waals surface area contributed by atoms with E-state index in [-0.39, 0.29) is 24.2 Å². The van der Waals surface area contributed by atoms with E-state index >= 15 is 0 Å². The highest BCUT2D eigenvalue weighted by Gasteiger charge is 2.16. The van der Waals surface area contributed by atoms with Crippen molar-refractivity contribution in [3.8, 4) is 11.4 Å². The molecular weight excluding hydrogens is 378 g/mol. The van der Waals surface area contributed by atoms with Gasteiger partial charge >= 0.3 is 0 Å². The van der Waals surface area contributed by atoms with Gasteiger partial charge in [-0.25, -0.2) is 19.9 Å². The van der Waals surface area contributed by atoms with Crippen molar-refractivity contribution in [2.45, 2.75) is 12.8 Å². The number of fused-ring (bicyclic) bond motifs is 1. The van der Waals surface area contributed by atoms with Crippen LogP contribution in [-0.4, -0.2) is 43.4 Å². The van der Waals surface area contributed by atoms with Gasteiger partial charge < -0.3 is 14.8 Å². The smallest absolute Gasteiger partial charge is 0.257 e. The number of nitrogens with zero attached hydrogens (tertiary/aromatic N) is 6. The molecule has 1 aliphatic rings. The predicted octanol–water partition coefficient (Wildman–Crippen LogP) is 3.28. The van der Waals surface area contributed by atoms with Gasteiger partial charge in [-0.2, -0.15) is 0 Å². The molecule has 0 saturated carbocycles. The summed E-state index contributed by atoms with van der Waals surface area (Å²) in [6, 6.07) is 8.33. The molecule has 0 radical (unpaired) electrons. The second kappa shape index (κ2) is 7.55. The molecule has 1 fully saturated rings. The highest BCUT2D eigenvalue weighted by molar-refractivity contribution is 6.04. The van der Waals surface area contributed by atoms with Gasteiger partial charge in [0.25, 0.3) is 5.91 Å². The summed E-state index contributed by atoms with van der Waals surface area (Å²) >= 11 is 0. The van der Waals surface area contributed by atoms with Gasteiger partial charge in [0.05, 0.1) is 29.4 Å². The number of rotatable bonds is 4. The highest BCUT2D eigenvalue weighted by Crippen LogP contribution is 2.22. The first kappa shape index (κ1) is 14.2. The van der Waals surface area contributed by atoms with Gasteiger partial charge in [-0.3, -0.25) is 4.79 Å². The Balaban J connectivity index is 1.42. The highest BCUT2D eigenvalue weighted by atomic mass is 16.1. The molecule has 8 heteroatoms. The Hall–Kier alpha value is -3.81. The number of carbonyl (C=O) groups excluding carboxylic acids is 1. The number of aryl methyl sites for hydroxylation is 1. The summed E-state index contributed by atoms with van der Waals surface area (Å²) in [7, 11) is 1.88. The van der Waals surface area contributed by atoms with E-state index in [2.05, 4.69) is 25.3 Å². The molecule has 0 spiro atoms. The number of amides is 1. The third-order valence-corrected chi connectivity index (χ3v) is 4.80. The van der Waals surface area contributed by atoms with Gasteiger partial charge in [0.15, 0.2) is 0 Å². The topological polar surface area (TPSA) is 88.8 Å². The Morgan fingerprint density at radius 1 is 1.13 bits per heavy atom. The Kier molecular flexibility index (Phi) is 3.58. The number of hydrogen-bond donors (Lipinski definition) is 1. The van der Waals surface area contributed by atoms with E-state index in [0.717, 1.165) is 21.7 Å². The summed E-state index contributed by atoms with van der Waals surface area (Å²) in [5, 5.41) is 3.55. The Morgan fingerprint density at radius 2 is 2.00 bits per heavy atom. The number of imidazole rings is 1. The number of carbonyl (C=O) groups is 1. The lowest BCUT2D eigenvalue weighted by Gasteiger charge is -2.16. The second-order valence-corrected chi connectivity index (χ2v) is 6.86. The molecule has 0 aromatic carbocycles. The Labute approximate surface area is 179 Å². The zero-order chi connectivity index (χ0) is 24.1. The van der Waals surface area contributed by atoms with E-state index in [9.17, 15) is 4.79 Å². The maximum absolute atomic E-state index is 12.9. The van der Waals surface area contributed by atoms with E-state index < -0.39 is 18.9 Å². The van der Waals surface area contributed by atoms with Crippen LogP contribution in [0.1, 0.15) is 28.7 Å². The van der Waals surface area contributed by atoms with Crippen LogP contribution in [-0.2, 0) is 7.05 Å². The van der Waals surface area contributed by atoms with Crippen molar-refractivity contribution in [3.05, 3.63) is 60.8 Å². The number of nitrogens with one attached hydrogen (secondary N) is 1. The van der Waals surface area contributed by atoms with Crippen molar-refractivity contribution in [2.24, 2.45) is 7.05 Å². The van der Waals surface area contributed by atoms with E-state index in [4.69, 9.17) is 5.48 Å². The minimum Gasteiger partial charge on any atom is -0.357 e. The molecule has 4 aromatic heterocycles. The van der Waals surface area contributed by atoms with Gasteiger partial charge in [0.2, 0.25) is 0 Å². The van der Waals surface area contributed by atoms with Crippen LogP contribution >= 0.6 is 0 Å². The molecule has 4 aromatic rings. The van der Waals surface area contributed by atoms with E-state index in [1.165, 1.54) is 18.3 Å². The first-order valence-electron chi connectivity index (χ1n) is 11.5. The maximum Gasteiger partial charge on any atom is 0.257 e. The van der Waals surface area contributed by atoms with Gasteiger partial charge in [-0.05, 0) is 37.1 Å². The fourth-order valence-corrected chi connectivity index (χ4v) is 3.26. The fourth-order valence-electron chi connectivity index (χ4n) is 3.26. The molecule has 1 saturated heterocycles. The molecule has 1 N–H and O–H groups in total. The van der Waals surface area contributed by atoms with Crippen molar-refractivity contribution >= 4 is 28.4 Å². The summed E-state index contributed by atoms with van der Waals surface area (Å²) < 4.78 is 34.4. The zero-order valence-corrected chi connectivity index (χ0v) is 16.2. The average molecular weight is 403 g/mol. The van der Waals surface area contributed by atoms with E-state index in [1.807, 2.05) is 23.7 Å². The molecule has 8 nitrogen and oxygen atoms in total. The summed E-state index contributed by atoms with van der Waals surface area (Å²) in [5.74, 6) is -0.106. The molecule has 1 amide bonds. The SMILES string of the molecule is [2H]C1([2H])CCC([2H])([2H])N1c1cc(C(=O)Nc2cc3nc(-c4cncn4C)ccc3cn2)ccn1. The molecule has 0 bridgehead atoms. The largest absolute Gasteiger partial charge is 0.357 e. The zero-order valence-electron chi connectivity index (χ0n) is 20.2. The monoisotopic (exact) mass is 403 g/mol. The lowest BCUT2D eigenvalue weighted by molar-refractivity contribution is 0.102. The predicted molar refractivity (Wildman–Crippen MR) is 115 cm³/mol. The summed E-state index contributed by atoms with van der Waals surface area (Å²) in [4.78, 5) is 31.1. The normalized spacial score (nSPS) is 19.0. The van der Waals surface area contributed by atoms with Gasteiger partial charge in [-0.1, -0.05) is 0 Å². The van der Waals surface area contributed by atoms with Crippen LogP contribution in [0.25, 0.3) is 22.3 Å². The van der Waals surface area contributed by atoms with E-state index in [0.29, 0.717) is 11.3 Å². The first-order chi connectivity index (χ1) is 16.1. The van der Waals surface area contributed by atoms with Crippen LogP contribution in [0, 0.1) is 0 Å². The Bertz CT molecular complexity index is 1390. The van der Waals surface area contributed by atoms with Crippen LogP contribution in [0.2, 0.25) is 0 Å². The lowest BCUT2D eigenvalue weighted by atomic mass is 10.2. The third-order valence-electron chi connectivity index (χ3n) is 4.80. The van der Waals surface area contributed by atoms with E-state index in [1.54, 1.807) is 24.8 Å². The van der Waals surface area contributed by atoms with Gasteiger partial charge in [0, 0.05) is 54.9 Å². The fraction of sp³-hybridized carbons (Fsp3) is 0.227. The third kappa shape index (κ3) is 3.47. The standard InChI is InChI=1S/C22H21N7O/c1-28-14-23-13-19(28)17-5-4-16-12-25-20(11-18(16)26-17)27-22(30)15-6-7-24-21(10-15)29-8-2-3-9-29/h4-7,10-14H,2-3,8-9H2,1H3,(H,25,27,30)/i8D2,9D2. The van der Waals surface area contributed by atoms with Crippen LogP contribution in [0.15, 0.2) is 55.2 Å². The maximum atomic E-state index is 12.9. The van der Waals surface area contributed by atoms with Crippen LogP contribution in [0.3, 0.4) is 0 Å². The van der Waals surface area contributed by atoms with Crippen molar-refractivity contribution < 1.29 is 10.3 Å². The molecule has 5 heterocycles. The molecule has 0 atom stereocenters. The average Bonchev–Trinajstić information content (AvgIpc) is 3.32. The van der Waals surface area contributed by atoms with Crippen molar-refractivity contribution in [1.29, 1.82) is 0 Å². The summed E-state index contributed by atoms with van der Waals surface area (Å²) in [6.45, 7) is -3.80. The molecule has 1 aliphatic heterocycles. The summed E-state index contributed by atoms with van der Waals surface area (Å²) in [5.41, 5.74) is 2.46. The lowest BCUT2D eigenvalue weighted by Crippen LogP contribution is -2.20. The first-order valence-corrected chi connectivity index (χ1v) is 9.45. The quantitative estimate of drug-likeness (QED) is 0.563. The van der Waals surface area contributed by atoms with Crippen LogP contribution in [0.4, 0.5) is 11.6 Å². The molecule has 0 aliphatic carbocycles. The number of pyridine rings is 3. The van der Waals surface area contributed by atoms with Crippen LogP contribution in [0.5, 0.6) is 0 Å². The molecule has 5 rings (SSSR count). The molecular formula is C22H21N7O. The molecule has 0 unspecified atom stereocenters. The molecule has 30 heavy (non-hydrogen) atoms. The van der Waals surface area contributed by atoms with Crippen LogP contribution < -0.4 is 10.2 Å². The minimum atomic E-state index is -1.90. The number of anilines is 2. The van der Waals surface area contributed by atoms with Crippen molar-refractivity contribution in [3.63, 3.8) is 0 Å².